The summed E-state index contributed by atoms with van der Waals surface area (Å²) in [5.41, 5.74) is 0.435. The maximum Gasteiger partial charge on any atom is 0.407 e. The average Bonchev–Trinajstić information content (AvgIpc) is 2.57. The third-order valence-electron chi connectivity index (χ3n) is 2.03. The monoisotopic (exact) mass is 259 g/mol. The van der Waals surface area contributed by atoms with Crippen LogP contribution < -0.4 is 5.32 Å². The molecule has 0 bridgehead atoms. The lowest BCUT2D eigenvalue weighted by atomic mass is 10.1. The molecular formula is C9H7BrFNO2. The van der Waals surface area contributed by atoms with Gasteiger partial charge in [0.05, 0.1) is 10.5 Å². The molecule has 1 N–H and O–H groups in total. The third-order valence-corrected chi connectivity index (χ3v) is 2.64. The van der Waals surface area contributed by atoms with E-state index in [1.807, 2.05) is 0 Å². The largest absolute Gasteiger partial charge is 0.447 e. The highest BCUT2D eigenvalue weighted by Crippen LogP contribution is 2.25. The highest BCUT2D eigenvalue weighted by atomic mass is 79.9. The van der Waals surface area contributed by atoms with Gasteiger partial charge in [-0.15, -0.1) is 0 Å². The number of cyclic esters (lactones) is 1. The highest BCUT2D eigenvalue weighted by molar-refractivity contribution is 9.10. The Morgan fingerprint density at radius 2 is 2.36 bits per heavy atom. The standard InChI is InChI=1S/C9H7BrFNO2/c10-6-3-1-2-5(8(6)11)7-4-14-9(13)12-7/h1-3,7H,4H2,(H,12,13). The van der Waals surface area contributed by atoms with Crippen molar-refractivity contribution in [1.82, 2.24) is 5.32 Å². The van der Waals surface area contributed by atoms with Crippen molar-refractivity contribution >= 4 is 22.0 Å². The Kier molecular flexibility index (Phi) is 2.41. The maximum atomic E-state index is 13.5. The molecule has 1 unspecified atom stereocenters. The van der Waals surface area contributed by atoms with Crippen LogP contribution in [-0.2, 0) is 4.74 Å². The van der Waals surface area contributed by atoms with E-state index in [0.717, 1.165) is 0 Å². The van der Waals surface area contributed by atoms with Crippen molar-refractivity contribution in [2.75, 3.05) is 6.61 Å². The van der Waals surface area contributed by atoms with E-state index in [4.69, 9.17) is 0 Å². The number of amides is 1. The predicted octanol–water partition coefficient (Wildman–Crippen LogP) is 2.37. The summed E-state index contributed by atoms with van der Waals surface area (Å²) in [5.74, 6) is -0.358. The van der Waals surface area contributed by atoms with Gasteiger partial charge < -0.3 is 10.1 Å². The Labute approximate surface area is 88.4 Å². The van der Waals surface area contributed by atoms with E-state index in [1.54, 1.807) is 18.2 Å². The van der Waals surface area contributed by atoms with Crippen molar-refractivity contribution in [3.05, 3.63) is 34.1 Å². The van der Waals surface area contributed by atoms with Gasteiger partial charge in [-0.1, -0.05) is 12.1 Å². The molecule has 1 heterocycles. The van der Waals surface area contributed by atoms with Crippen LogP contribution in [0.5, 0.6) is 0 Å². The summed E-state index contributed by atoms with van der Waals surface area (Å²) >= 11 is 3.08. The van der Waals surface area contributed by atoms with Crippen LogP contribution in [0.4, 0.5) is 9.18 Å². The summed E-state index contributed by atoms with van der Waals surface area (Å²) in [4.78, 5) is 10.8. The minimum absolute atomic E-state index is 0.173. The first kappa shape index (κ1) is 9.45. The molecule has 1 fully saturated rings. The number of hydrogen-bond acceptors (Lipinski definition) is 2. The molecule has 5 heteroatoms. The predicted molar refractivity (Wildman–Crippen MR) is 51.3 cm³/mol. The van der Waals surface area contributed by atoms with Crippen LogP contribution in [0.2, 0.25) is 0 Å². The molecule has 1 aromatic rings. The van der Waals surface area contributed by atoms with Gasteiger partial charge in [-0.25, -0.2) is 9.18 Å². The fourth-order valence-electron chi connectivity index (χ4n) is 1.34. The Bertz CT molecular complexity index is 383. The number of halogens is 2. The van der Waals surface area contributed by atoms with Crippen LogP contribution in [0.15, 0.2) is 22.7 Å². The fraction of sp³-hybridized carbons (Fsp3) is 0.222. The highest BCUT2D eigenvalue weighted by Gasteiger charge is 2.26. The second-order valence-electron chi connectivity index (χ2n) is 2.94. The van der Waals surface area contributed by atoms with Gasteiger partial charge in [0.2, 0.25) is 0 Å². The number of benzene rings is 1. The minimum Gasteiger partial charge on any atom is -0.447 e. The van der Waals surface area contributed by atoms with Crippen LogP contribution in [0, 0.1) is 5.82 Å². The molecule has 0 aliphatic carbocycles. The van der Waals surface area contributed by atoms with Crippen molar-refractivity contribution in [2.24, 2.45) is 0 Å². The molecular weight excluding hydrogens is 253 g/mol. The lowest BCUT2D eigenvalue weighted by Gasteiger charge is -2.09. The zero-order valence-electron chi connectivity index (χ0n) is 7.09. The lowest BCUT2D eigenvalue weighted by molar-refractivity contribution is 0.176. The second-order valence-corrected chi connectivity index (χ2v) is 3.79. The third kappa shape index (κ3) is 1.59. The van der Waals surface area contributed by atoms with E-state index >= 15 is 0 Å². The van der Waals surface area contributed by atoms with Crippen molar-refractivity contribution in [3.8, 4) is 0 Å². The molecule has 0 aromatic heterocycles. The molecule has 74 valence electrons. The molecule has 0 spiro atoms. The molecule has 0 saturated carbocycles. The fourth-order valence-corrected chi connectivity index (χ4v) is 1.72. The minimum atomic E-state index is -0.505. The van der Waals surface area contributed by atoms with Gasteiger partial charge >= 0.3 is 6.09 Å². The van der Waals surface area contributed by atoms with Gasteiger partial charge in [0.25, 0.3) is 0 Å². The zero-order valence-corrected chi connectivity index (χ0v) is 8.67. The number of nitrogens with one attached hydrogen (secondary N) is 1. The first-order chi connectivity index (χ1) is 6.68. The van der Waals surface area contributed by atoms with Crippen molar-refractivity contribution in [2.45, 2.75) is 6.04 Å². The van der Waals surface area contributed by atoms with Crippen LogP contribution >= 0.6 is 15.9 Å². The van der Waals surface area contributed by atoms with Gasteiger partial charge in [-0.05, 0) is 22.0 Å². The molecule has 2 rings (SSSR count). The van der Waals surface area contributed by atoms with E-state index in [0.29, 0.717) is 10.0 Å². The zero-order chi connectivity index (χ0) is 10.1. The Hall–Kier alpha value is -1.10. The molecule has 1 aliphatic heterocycles. The Morgan fingerprint density at radius 1 is 1.57 bits per heavy atom. The van der Waals surface area contributed by atoms with Crippen LogP contribution in [-0.4, -0.2) is 12.7 Å². The number of alkyl carbamates (subject to hydrolysis) is 1. The van der Waals surface area contributed by atoms with Gasteiger partial charge in [-0.2, -0.15) is 0 Å². The molecule has 1 atom stereocenters. The first-order valence-corrected chi connectivity index (χ1v) is 4.85. The number of carbonyl (C=O) groups is 1. The van der Waals surface area contributed by atoms with E-state index in [-0.39, 0.29) is 18.5 Å². The molecule has 0 radical (unpaired) electrons. The molecule has 1 amide bonds. The van der Waals surface area contributed by atoms with Crippen molar-refractivity contribution in [1.29, 1.82) is 0 Å². The van der Waals surface area contributed by atoms with E-state index in [1.165, 1.54) is 0 Å². The van der Waals surface area contributed by atoms with Crippen LogP contribution in [0.25, 0.3) is 0 Å². The van der Waals surface area contributed by atoms with E-state index < -0.39 is 6.09 Å². The van der Waals surface area contributed by atoms with Crippen LogP contribution in [0.3, 0.4) is 0 Å². The Balaban J connectivity index is 2.32. The number of hydrogen-bond donors (Lipinski definition) is 1. The number of carbonyl (C=O) groups excluding carboxylic acids is 1. The van der Waals surface area contributed by atoms with Gasteiger partial charge in [-0.3, -0.25) is 0 Å². The van der Waals surface area contributed by atoms with Gasteiger partial charge in [0.1, 0.15) is 12.4 Å². The van der Waals surface area contributed by atoms with E-state index in [9.17, 15) is 9.18 Å². The molecule has 1 aliphatic rings. The van der Waals surface area contributed by atoms with Gasteiger partial charge in [0, 0.05) is 5.56 Å². The average molecular weight is 260 g/mol. The summed E-state index contributed by atoms with van der Waals surface area (Å²) in [5, 5.41) is 2.52. The maximum absolute atomic E-state index is 13.5. The normalized spacial score (nSPS) is 20.4. The smallest absolute Gasteiger partial charge is 0.407 e. The number of rotatable bonds is 1. The quantitative estimate of drug-likeness (QED) is 0.841. The number of ether oxygens (including phenoxy) is 1. The summed E-state index contributed by atoms with van der Waals surface area (Å²) in [7, 11) is 0. The second kappa shape index (κ2) is 3.57. The van der Waals surface area contributed by atoms with Crippen molar-refractivity contribution in [3.63, 3.8) is 0 Å². The van der Waals surface area contributed by atoms with Crippen LogP contribution in [0.1, 0.15) is 11.6 Å². The first-order valence-electron chi connectivity index (χ1n) is 4.05. The van der Waals surface area contributed by atoms with E-state index in [2.05, 4.69) is 26.0 Å². The van der Waals surface area contributed by atoms with Gasteiger partial charge in [0.15, 0.2) is 0 Å². The summed E-state index contributed by atoms with van der Waals surface area (Å²) in [6.07, 6.45) is -0.505. The topological polar surface area (TPSA) is 38.3 Å². The summed E-state index contributed by atoms with van der Waals surface area (Å²) < 4.78 is 18.6. The molecule has 14 heavy (non-hydrogen) atoms. The summed E-state index contributed by atoms with van der Waals surface area (Å²) in [6, 6.07) is 4.56. The molecule has 3 nitrogen and oxygen atoms in total. The Morgan fingerprint density at radius 3 is 3.00 bits per heavy atom. The summed E-state index contributed by atoms with van der Waals surface area (Å²) in [6.45, 7) is 0.173. The molecule has 1 aromatic carbocycles. The lowest BCUT2D eigenvalue weighted by Crippen LogP contribution is -2.19. The SMILES string of the molecule is O=C1NC(c2cccc(Br)c2F)CO1. The molecule has 1 saturated heterocycles. The van der Waals surface area contributed by atoms with Crippen molar-refractivity contribution < 1.29 is 13.9 Å².